The van der Waals surface area contributed by atoms with Crippen LogP contribution in [0.3, 0.4) is 0 Å². The third kappa shape index (κ3) is 11.4. The van der Waals surface area contributed by atoms with Crippen molar-refractivity contribution in [2.45, 2.75) is 130 Å². The van der Waals surface area contributed by atoms with Crippen LogP contribution in [0.25, 0.3) is 0 Å². The monoisotopic (exact) mass is 733 g/mol. The van der Waals surface area contributed by atoms with E-state index in [1.54, 1.807) is 76.2 Å². The predicted octanol–water partition coefficient (Wildman–Crippen LogP) is 3.11. The van der Waals surface area contributed by atoms with Crippen LogP contribution in [0.5, 0.6) is 0 Å². The van der Waals surface area contributed by atoms with Gasteiger partial charge in [-0.1, -0.05) is 67.0 Å². The molecule has 10 atom stereocenters. The van der Waals surface area contributed by atoms with Crippen LogP contribution in [0.4, 0.5) is 5.69 Å². The maximum Gasteiger partial charge on any atom is 0.245 e. The van der Waals surface area contributed by atoms with Crippen molar-refractivity contribution in [2.24, 2.45) is 23.7 Å². The summed E-state index contributed by atoms with van der Waals surface area (Å²) in [6.07, 6.45) is 0.0202. The van der Waals surface area contributed by atoms with Gasteiger partial charge < -0.3 is 46.1 Å². The van der Waals surface area contributed by atoms with Crippen molar-refractivity contribution in [2.75, 3.05) is 40.6 Å². The number of rotatable bonds is 20. The van der Waals surface area contributed by atoms with E-state index < -0.39 is 48.4 Å². The number of likely N-dealkylation sites (N-methyl/N-ethyl adjacent to an activating group) is 2. The van der Waals surface area contributed by atoms with Crippen molar-refractivity contribution < 1.29 is 33.8 Å². The van der Waals surface area contributed by atoms with Crippen LogP contribution in [-0.2, 0) is 28.7 Å². The number of benzene rings is 1. The second kappa shape index (κ2) is 20.8. The van der Waals surface area contributed by atoms with Gasteiger partial charge in [0, 0.05) is 33.5 Å². The summed E-state index contributed by atoms with van der Waals surface area (Å²) >= 11 is 0. The molecule has 296 valence electrons. The van der Waals surface area contributed by atoms with Crippen LogP contribution >= 0.6 is 0 Å². The van der Waals surface area contributed by atoms with E-state index in [2.05, 4.69) is 16.0 Å². The highest BCUT2D eigenvalue weighted by molar-refractivity contribution is 5.90. The molecule has 0 saturated carbocycles. The van der Waals surface area contributed by atoms with Crippen LogP contribution in [0, 0.1) is 23.7 Å². The number of hydrogen-bond acceptors (Lipinski definition) is 9. The smallest absolute Gasteiger partial charge is 0.245 e. The topological polar surface area (TPSA) is 176 Å². The zero-order valence-corrected chi connectivity index (χ0v) is 33.6. The number of carbonyl (C=O) groups excluding carboxylic acids is 4. The Morgan fingerprint density at radius 3 is 2.04 bits per heavy atom. The average molecular weight is 733 g/mol. The lowest BCUT2D eigenvalue weighted by molar-refractivity contribution is -0.148. The number of methoxy groups -OCH3 is 2. The number of anilines is 1. The van der Waals surface area contributed by atoms with E-state index in [0.717, 1.165) is 12.8 Å². The fraction of sp³-hybridized carbons (Fsp3) is 0.744. The lowest BCUT2D eigenvalue weighted by Gasteiger charge is -2.41. The van der Waals surface area contributed by atoms with Gasteiger partial charge in [-0.15, -0.1) is 0 Å². The zero-order chi connectivity index (χ0) is 39.4. The molecule has 1 saturated heterocycles. The van der Waals surface area contributed by atoms with Crippen LogP contribution in [-0.4, -0.2) is 116 Å². The van der Waals surface area contributed by atoms with Crippen molar-refractivity contribution in [3.63, 3.8) is 0 Å². The van der Waals surface area contributed by atoms with Crippen LogP contribution < -0.4 is 21.7 Å². The molecule has 1 fully saturated rings. The Labute approximate surface area is 312 Å². The number of hydrogen-bond donors (Lipinski definition) is 5. The standard InChI is InChI=1S/C39H68N6O7/c1-13-24(6)34(44(10)39(50)33(23(4)5)43-38(49)32(41-9)22(2)3)30(51-11)21-31(46)45-20-14-15-29(45)36(52-12)25(7)37(48)42-26(8)35(47)27-16-18-28(40)19-17-27/h16-19,22-26,29-30,32-36,41,47H,13-15,20-21,40H2,1-12H3,(H,42,48)(H,43,49)/t24-,25+,26+,29-,30+,32-,33-,34-,35+,36+/m0/s1. The normalized spacial score (nSPS) is 20.0. The van der Waals surface area contributed by atoms with Gasteiger partial charge >= 0.3 is 0 Å². The summed E-state index contributed by atoms with van der Waals surface area (Å²) in [4.78, 5) is 58.4. The molecule has 1 aliphatic heterocycles. The van der Waals surface area contributed by atoms with E-state index >= 15 is 0 Å². The van der Waals surface area contributed by atoms with Gasteiger partial charge in [-0.3, -0.25) is 19.2 Å². The molecule has 52 heavy (non-hydrogen) atoms. The molecular weight excluding hydrogens is 664 g/mol. The molecule has 0 unspecified atom stereocenters. The molecular formula is C39H68N6O7. The van der Waals surface area contributed by atoms with Gasteiger partial charge in [0.15, 0.2) is 0 Å². The molecule has 0 bridgehead atoms. The highest BCUT2D eigenvalue weighted by Crippen LogP contribution is 2.30. The minimum absolute atomic E-state index is 0.0219. The highest BCUT2D eigenvalue weighted by atomic mass is 16.5. The summed E-state index contributed by atoms with van der Waals surface area (Å²) in [6.45, 7) is 15.8. The Morgan fingerprint density at radius 1 is 0.942 bits per heavy atom. The molecule has 0 aliphatic carbocycles. The second-order valence-electron chi connectivity index (χ2n) is 15.2. The summed E-state index contributed by atoms with van der Waals surface area (Å²) in [5.41, 5.74) is 7.00. The van der Waals surface area contributed by atoms with Crippen molar-refractivity contribution >= 4 is 29.3 Å². The third-order valence-corrected chi connectivity index (χ3v) is 10.9. The average Bonchev–Trinajstić information content (AvgIpc) is 3.59. The highest BCUT2D eigenvalue weighted by Gasteiger charge is 2.43. The number of ether oxygens (including phenoxy) is 2. The molecule has 1 aromatic rings. The summed E-state index contributed by atoms with van der Waals surface area (Å²) in [5.74, 6) is -1.71. The Kier molecular flexibility index (Phi) is 18.0. The molecule has 1 aliphatic rings. The Bertz CT molecular complexity index is 1290. The number of nitrogens with one attached hydrogen (secondary N) is 3. The molecule has 13 heteroatoms. The fourth-order valence-electron chi connectivity index (χ4n) is 7.47. The number of nitrogen functional groups attached to an aromatic ring is 1. The zero-order valence-electron chi connectivity index (χ0n) is 33.6. The minimum atomic E-state index is -0.936. The Morgan fingerprint density at radius 2 is 1.54 bits per heavy atom. The molecule has 1 aromatic carbocycles. The Hall–Kier alpha value is -3.26. The van der Waals surface area contributed by atoms with E-state index in [1.165, 1.54) is 0 Å². The van der Waals surface area contributed by atoms with Crippen molar-refractivity contribution in [3.8, 4) is 0 Å². The van der Waals surface area contributed by atoms with Gasteiger partial charge in [0.25, 0.3) is 0 Å². The van der Waals surface area contributed by atoms with Crippen molar-refractivity contribution in [1.82, 2.24) is 25.8 Å². The molecule has 13 nitrogen and oxygen atoms in total. The number of nitrogens with two attached hydrogens (primary N) is 1. The van der Waals surface area contributed by atoms with Gasteiger partial charge in [0.2, 0.25) is 23.6 Å². The summed E-state index contributed by atoms with van der Waals surface area (Å²) < 4.78 is 11.9. The number of likely N-dealkylation sites (tertiary alicyclic amines) is 1. The van der Waals surface area contributed by atoms with E-state index in [1.807, 2.05) is 41.5 Å². The first-order chi connectivity index (χ1) is 24.4. The minimum Gasteiger partial charge on any atom is -0.399 e. The van der Waals surface area contributed by atoms with Crippen molar-refractivity contribution in [3.05, 3.63) is 29.8 Å². The van der Waals surface area contributed by atoms with Crippen LogP contribution in [0.2, 0.25) is 0 Å². The largest absolute Gasteiger partial charge is 0.399 e. The SMILES string of the molecule is CC[C@H](C)[C@@H]([C@@H](CC(=O)N1CCC[C@H]1[C@H](OC)[C@@H](C)C(=O)N[C@H](C)[C@@H](O)c1ccc(N)cc1)OC)N(C)C(=O)[C@@H](NC(=O)[C@@H](NC)C(C)C)C(C)C. The van der Waals surface area contributed by atoms with Gasteiger partial charge in [0.1, 0.15) is 6.04 Å². The molecule has 0 radical (unpaired) electrons. The number of amides is 4. The molecule has 6 N–H and O–H groups in total. The number of nitrogens with zero attached hydrogens (tertiary/aromatic N) is 2. The molecule has 0 spiro atoms. The Balaban J connectivity index is 2.24. The first-order valence-electron chi connectivity index (χ1n) is 18.9. The maximum absolute atomic E-state index is 14.1. The van der Waals surface area contributed by atoms with Gasteiger partial charge in [-0.2, -0.15) is 0 Å². The molecule has 2 rings (SSSR count). The summed E-state index contributed by atoms with van der Waals surface area (Å²) in [5, 5.41) is 19.8. The molecule has 0 aromatic heterocycles. The third-order valence-electron chi connectivity index (χ3n) is 10.9. The van der Waals surface area contributed by atoms with E-state index in [-0.39, 0.29) is 53.8 Å². The summed E-state index contributed by atoms with van der Waals surface area (Å²) in [6, 6.07) is 4.27. The van der Waals surface area contributed by atoms with E-state index in [4.69, 9.17) is 15.2 Å². The molecule has 1 heterocycles. The van der Waals surface area contributed by atoms with Crippen LogP contribution in [0.15, 0.2) is 24.3 Å². The predicted molar refractivity (Wildman–Crippen MR) is 204 cm³/mol. The van der Waals surface area contributed by atoms with Gasteiger partial charge in [-0.05, 0) is 62.3 Å². The van der Waals surface area contributed by atoms with Crippen LogP contribution in [0.1, 0.15) is 92.7 Å². The molecule has 4 amide bonds. The number of aliphatic hydroxyl groups is 1. The maximum atomic E-state index is 14.1. The van der Waals surface area contributed by atoms with E-state index in [0.29, 0.717) is 24.2 Å². The summed E-state index contributed by atoms with van der Waals surface area (Å²) in [7, 11) is 6.55. The second-order valence-corrected chi connectivity index (χ2v) is 15.2. The number of aliphatic hydroxyl groups excluding tert-OH is 1. The van der Waals surface area contributed by atoms with Gasteiger partial charge in [-0.25, -0.2) is 0 Å². The van der Waals surface area contributed by atoms with Crippen molar-refractivity contribution in [1.29, 1.82) is 0 Å². The lowest BCUT2D eigenvalue weighted by atomic mass is 9.89. The number of carbonyl (C=O) groups is 4. The quantitative estimate of drug-likeness (QED) is 0.126. The van der Waals surface area contributed by atoms with Gasteiger partial charge in [0.05, 0.1) is 54.8 Å². The first-order valence-corrected chi connectivity index (χ1v) is 18.9. The fourth-order valence-corrected chi connectivity index (χ4v) is 7.47. The van der Waals surface area contributed by atoms with E-state index in [9.17, 15) is 24.3 Å². The first kappa shape index (κ1) is 44.9. The lowest BCUT2D eigenvalue weighted by Crippen LogP contribution is -2.59.